The zero-order chi connectivity index (χ0) is 13.0. The Balaban J connectivity index is 1.83. The van der Waals surface area contributed by atoms with Gasteiger partial charge >= 0.3 is 5.97 Å². The summed E-state index contributed by atoms with van der Waals surface area (Å²) in [5.74, 6) is 0.366. The van der Waals surface area contributed by atoms with Gasteiger partial charge in [0, 0.05) is 6.54 Å². The third kappa shape index (κ3) is 3.23. The first-order chi connectivity index (χ1) is 8.74. The van der Waals surface area contributed by atoms with Crippen LogP contribution in [0.4, 0.5) is 0 Å². The third-order valence-corrected chi connectivity index (χ3v) is 4.26. The number of rotatable bonds is 4. The molecule has 0 amide bonds. The highest BCUT2D eigenvalue weighted by Gasteiger charge is 2.34. The standard InChI is InChI=1S/C14H25NO3/c1-2-10-5-3-4-6-12(10)18-14(16)13-8-7-11(9-15)17-13/h10-13H,2-9,15H2,1H3. The van der Waals surface area contributed by atoms with Crippen LogP contribution in [0.1, 0.15) is 51.9 Å². The topological polar surface area (TPSA) is 61.5 Å². The van der Waals surface area contributed by atoms with Gasteiger partial charge in [-0.05, 0) is 44.4 Å². The maximum Gasteiger partial charge on any atom is 0.335 e. The van der Waals surface area contributed by atoms with Gasteiger partial charge in [-0.3, -0.25) is 0 Å². The summed E-state index contributed by atoms with van der Waals surface area (Å²) in [4.78, 5) is 12.0. The van der Waals surface area contributed by atoms with Crippen molar-refractivity contribution in [2.45, 2.75) is 70.2 Å². The Morgan fingerprint density at radius 1 is 1.28 bits per heavy atom. The summed E-state index contributed by atoms with van der Waals surface area (Å²) in [6, 6.07) is 0. The predicted octanol–water partition coefficient (Wildman–Crippen LogP) is 2.00. The molecule has 0 radical (unpaired) electrons. The van der Waals surface area contributed by atoms with Crippen LogP contribution in [-0.2, 0) is 14.3 Å². The van der Waals surface area contributed by atoms with Gasteiger partial charge in [0.1, 0.15) is 6.10 Å². The first-order valence-corrected chi connectivity index (χ1v) is 7.30. The largest absolute Gasteiger partial charge is 0.460 e. The predicted molar refractivity (Wildman–Crippen MR) is 69.1 cm³/mol. The molecule has 0 aromatic carbocycles. The van der Waals surface area contributed by atoms with Crippen LogP contribution in [0.5, 0.6) is 0 Å². The van der Waals surface area contributed by atoms with Crippen LogP contribution in [0, 0.1) is 5.92 Å². The van der Waals surface area contributed by atoms with Crippen LogP contribution in [0.25, 0.3) is 0 Å². The van der Waals surface area contributed by atoms with Crippen molar-refractivity contribution in [3.05, 3.63) is 0 Å². The maximum absolute atomic E-state index is 12.0. The number of carbonyl (C=O) groups is 1. The molecule has 1 aliphatic heterocycles. The molecule has 104 valence electrons. The molecule has 18 heavy (non-hydrogen) atoms. The fraction of sp³-hybridized carbons (Fsp3) is 0.929. The lowest BCUT2D eigenvalue weighted by Gasteiger charge is -2.31. The van der Waals surface area contributed by atoms with Crippen molar-refractivity contribution in [1.82, 2.24) is 0 Å². The smallest absolute Gasteiger partial charge is 0.335 e. The highest BCUT2D eigenvalue weighted by Crippen LogP contribution is 2.30. The summed E-state index contributed by atoms with van der Waals surface area (Å²) in [5.41, 5.74) is 5.55. The van der Waals surface area contributed by atoms with Crippen LogP contribution >= 0.6 is 0 Å². The second-order valence-corrected chi connectivity index (χ2v) is 5.49. The Morgan fingerprint density at radius 2 is 2.06 bits per heavy atom. The van der Waals surface area contributed by atoms with E-state index >= 15 is 0 Å². The molecule has 0 aromatic heterocycles. The maximum atomic E-state index is 12.0. The van der Waals surface area contributed by atoms with Gasteiger partial charge in [0.05, 0.1) is 6.10 Å². The quantitative estimate of drug-likeness (QED) is 0.781. The molecule has 4 unspecified atom stereocenters. The van der Waals surface area contributed by atoms with E-state index in [2.05, 4.69) is 6.92 Å². The summed E-state index contributed by atoms with van der Waals surface area (Å²) >= 11 is 0. The molecule has 2 fully saturated rings. The average molecular weight is 255 g/mol. The van der Waals surface area contributed by atoms with Crippen LogP contribution in [0.15, 0.2) is 0 Å². The lowest BCUT2D eigenvalue weighted by Crippen LogP contribution is -2.34. The number of nitrogens with two attached hydrogens (primary N) is 1. The highest BCUT2D eigenvalue weighted by atomic mass is 16.6. The van der Waals surface area contributed by atoms with E-state index in [-0.39, 0.29) is 24.3 Å². The van der Waals surface area contributed by atoms with Crippen LogP contribution < -0.4 is 5.73 Å². The summed E-state index contributed by atoms with van der Waals surface area (Å²) in [6.07, 6.45) is 7.12. The fourth-order valence-corrected chi connectivity index (χ4v) is 3.07. The first kappa shape index (κ1) is 13.8. The van der Waals surface area contributed by atoms with Gasteiger partial charge in [0.15, 0.2) is 6.10 Å². The summed E-state index contributed by atoms with van der Waals surface area (Å²) < 4.78 is 11.3. The van der Waals surface area contributed by atoms with E-state index < -0.39 is 0 Å². The van der Waals surface area contributed by atoms with E-state index in [4.69, 9.17) is 15.2 Å². The Kier molecular flexibility index (Phi) is 5.01. The normalized spacial score (nSPS) is 36.6. The molecule has 1 heterocycles. The zero-order valence-electron chi connectivity index (χ0n) is 11.3. The molecule has 1 aliphatic carbocycles. The van der Waals surface area contributed by atoms with Crippen molar-refractivity contribution >= 4 is 5.97 Å². The Morgan fingerprint density at radius 3 is 2.72 bits per heavy atom. The van der Waals surface area contributed by atoms with Crippen LogP contribution in [-0.4, -0.2) is 30.8 Å². The van der Waals surface area contributed by atoms with Crippen molar-refractivity contribution in [2.24, 2.45) is 11.7 Å². The molecule has 2 N–H and O–H groups in total. The first-order valence-electron chi connectivity index (χ1n) is 7.30. The number of ether oxygens (including phenoxy) is 2. The van der Waals surface area contributed by atoms with Crippen LogP contribution in [0.2, 0.25) is 0 Å². The second kappa shape index (κ2) is 6.53. The van der Waals surface area contributed by atoms with Gasteiger partial charge < -0.3 is 15.2 Å². The molecule has 4 heteroatoms. The SMILES string of the molecule is CCC1CCCCC1OC(=O)C1CCC(CN)O1. The number of hydrogen-bond acceptors (Lipinski definition) is 4. The molecule has 4 nitrogen and oxygen atoms in total. The molecule has 1 saturated carbocycles. The van der Waals surface area contributed by atoms with Crippen LogP contribution in [0.3, 0.4) is 0 Å². The minimum atomic E-state index is -0.377. The molecule has 2 rings (SSSR count). The summed E-state index contributed by atoms with van der Waals surface area (Å²) in [6.45, 7) is 2.66. The van der Waals surface area contributed by atoms with Gasteiger partial charge in [0.2, 0.25) is 0 Å². The molecule has 0 aromatic rings. The van der Waals surface area contributed by atoms with E-state index in [1.165, 1.54) is 19.3 Å². The number of esters is 1. The average Bonchev–Trinajstić information content (AvgIpc) is 2.88. The van der Waals surface area contributed by atoms with Crippen molar-refractivity contribution in [3.63, 3.8) is 0 Å². The van der Waals surface area contributed by atoms with E-state index in [1.54, 1.807) is 0 Å². The Hall–Kier alpha value is -0.610. The third-order valence-electron chi connectivity index (χ3n) is 4.26. The minimum Gasteiger partial charge on any atom is -0.460 e. The van der Waals surface area contributed by atoms with Crippen molar-refractivity contribution in [3.8, 4) is 0 Å². The van der Waals surface area contributed by atoms with Gasteiger partial charge in [-0.1, -0.05) is 13.3 Å². The lowest BCUT2D eigenvalue weighted by molar-refractivity contribution is -0.166. The fourth-order valence-electron chi connectivity index (χ4n) is 3.07. The lowest BCUT2D eigenvalue weighted by atomic mass is 9.85. The molecule has 0 bridgehead atoms. The van der Waals surface area contributed by atoms with Crippen molar-refractivity contribution < 1.29 is 14.3 Å². The molecule has 2 aliphatic rings. The number of hydrogen-bond donors (Lipinski definition) is 1. The van der Waals surface area contributed by atoms with Gasteiger partial charge in [0.25, 0.3) is 0 Å². The number of carbonyl (C=O) groups excluding carboxylic acids is 1. The molecular formula is C14H25NO3. The van der Waals surface area contributed by atoms with Gasteiger partial charge in [-0.15, -0.1) is 0 Å². The highest BCUT2D eigenvalue weighted by molar-refractivity contribution is 5.75. The Bertz CT molecular complexity index is 282. The van der Waals surface area contributed by atoms with Crippen molar-refractivity contribution in [1.29, 1.82) is 0 Å². The Labute approximate surface area is 109 Å². The minimum absolute atomic E-state index is 0.0378. The molecule has 4 atom stereocenters. The second-order valence-electron chi connectivity index (χ2n) is 5.49. The van der Waals surface area contributed by atoms with E-state index in [0.29, 0.717) is 12.5 Å². The van der Waals surface area contributed by atoms with Gasteiger partial charge in [-0.2, -0.15) is 0 Å². The molecular weight excluding hydrogens is 230 g/mol. The van der Waals surface area contributed by atoms with E-state index in [9.17, 15) is 4.79 Å². The van der Waals surface area contributed by atoms with E-state index in [1.807, 2.05) is 0 Å². The monoisotopic (exact) mass is 255 g/mol. The summed E-state index contributed by atoms with van der Waals surface area (Å²) in [7, 11) is 0. The van der Waals surface area contributed by atoms with E-state index in [0.717, 1.165) is 25.7 Å². The molecule has 1 saturated heterocycles. The summed E-state index contributed by atoms with van der Waals surface area (Å²) in [5, 5.41) is 0. The van der Waals surface area contributed by atoms with Gasteiger partial charge in [-0.25, -0.2) is 4.79 Å². The zero-order valence-corrected chi connectivity index (χ0v) is 11.3. The van der Waals surface area contributed by atoms with Crippen molar-refractivity contribution in [2.75, 3.05) is 6.54 Å². The molecule has 0 spiro atoms.